The van der Waals surface area contributed by atoms with Crippen LogP contribution in [0.1, 0.15) is 49.5 Å². The number of hydrogen-bond donors (Lipinski definition) is 2. The molecule has 166 valence electrons. The highest BCUT2D eigenvalue weighted by Gasteiger charge is 2.34. The van der Waals surface area contributed by atoms with Gasteiger partial charge in [0.25, 0.3) is 0 Å². The zero-order valence-electron chi connectivity index (χ0n) is 18.5. The SMILES string of the molecule is COc1ccc([C@H]2CC(c3nc4ccccc4[nH]3)=NN2C(=O)CC[NH+]2CCCCC2)cc1. The number of imidazole rings is 1. The maximum Gasteiger partial charge on any atom is 0.248 e. The summed E-state index contributed by atoms with van der Waals surface area (Å²) in [4.78, 5) is 22.9. The number of amides is 1. The molecule has 2 N–H and O–H groups in total. The van der Waals surface area contributed by atoms with E-state index in [0.29, 0.717) is 12.8 Å². The van der Waals surface area contributed by atoms with E-state index < -0.39 is 0 Å². The second kappa shape index (κ2) is 9.12. The van der Waals surface area contributed by atoms with E-state index in [1.807, 2.05) is 48.5 Å². The molecule has 3 heterocycles. The first kappa shape index (κ1) is 20.7. The number of methoxy groups -OCH3 is 1. The average Bonchev–Trinajstić information content (AvgIpc) is 3.48. The van der Waals surface area contributed by atoms with Gasteiger partial charge >= 0.3 is 0 Å². The topological polar surface area (TPSA) is 75.0 Å². The molecule has 5 rings (SSSR count). The first-order chi connectivity index (χ1) is 15.7. The van der Waals surface area contributed by atoms with Crippen molar-refractivity contribution in [3.8, 4) is 5.75 Å². The number of carbonyl (C=O) groups is 1. The molecule has 2 aromatic carbocycles. The number of aromatic nitrogens is 2. The number of para-hydroxylation sites is 2. The molecule has 7 nitrogen and oxygen atoms in total. The van der Waals surface area contributed by atoms with Crippen LogP contribution in [0.2, 0.25) is 0 Å². The summed E-state index contributed by atoms with van der Waals surface area (Å²) < 4.78 is 5.31. The van der Waals surface area contributed by atoms with E-state index in [-0.39, 0.29) is 11.9 Å². The highest BCUT2D eigenvalue weighted by molar-refractivity contribution is 6.02. The van der Waals surface area contributed by atoms with Crippen LogP contribution in [0.3, 0.4) is 0 Å². The van der Waals surface area contributed by atoms with Crippen LogP contribution in [0.25, 0.3) is 11.0 Å². The van der Waals surface area contributed by atoms with Crippen molar-refractivity contribution < 1.29 is 14.4 Å². The number of benzene rings is 2. The van der Waals surface area contributed by atoms with Crippen molar-refractivity contribution in [3.63, 3.8) is 0 Å². The van der Waals surface area contributed by atoms with Gasteiger partial charge in [-0.1, -0.05) is 24.3 Å². The van der Waals surface area contributed by atoms with Gasteiger partial charge in [0.05, 0.1) is 50.2 Å². The molecule has 0 radical (unpaired) electrons. The number of hydrogen-bond acceptors (Lipinski definition) is 4. The number of ether oxygens (including phenoxy) is 1. The van der Waals surface area contributed by atoms with Crippen molar-refractivity contribution in [1.29, 1.82) is 0 Å². The van der Waals surface area contributed by atoms with E-state index in [4.69, 9.17) is 14.8 Å². The minimum Gasteiger partial charge on any atom is -0.497 e. The maximum atomic E-state index is 13.3. The highest BCUT2D eigenvalue weighted by atomic mass is 16.5. The van der Waals surface area contributed by atoms with Crippen LogP contribution in [0.5, 0.6) is 5.75 Å². The number of rotatable bonds is 6. The lowest BCUT2D eigenvalue weighted by Crippen LogP contribution is -3.12. The van der Waals surface area contributed by atoms with E-state index in [0.717, 1.165) is 40.4 Å². The maximum absolute atomic E-state index is 13.3. The number of quaternary nitrogens is 1. The van der Waals surface area contributed by atoms with E-state index in [1.54, 1.807) is 12.1 Å². The predicted octanol–water partition coefficient (Wildman–Crippen LogP) is 2.71. The monoisotopic (exact) mass is 432 g/mol. The van der Waals surface area contributed by atoms with Crippen LogP contribution in [-0.2, 0) is 4.79 Å². The second-order valence-electron chi connectivity index (χ2n) is 8.69. The fourth-order valence-electron chi connectivity index (χ4n) is 4.76. The van der Waals surface area contributed by atoms with Gasteiger partial charge in [0.1, 0.15) is 11.5 Å². The number of piperidine rings is 1. The molecule has 0 bridgehead atoms. The molecule has 32 heavy (non-hydrogen) atoms. The van der Waals surface area contributed by atoms with Crippen LogP contribution in [0.15, 0.2) is 53.6 Å². The molecule has 0 saturated carbocycles. The summed E-state index contributed by atoms with van der Waals surface area (Å²) in [5.41, 5.74) is 3.76. The Morgan fingerprint density at radius 1 is 1.12 bits per heavy atom. The summed E-state index contributed by atoms with van der Waals surface area (Å²) in [6.45, 7) is 3.21. The van der Waals surface area contributed by atoms with Crippen LogP contribution >= 0.6 is 0 Å². The van der Waals surface area contributed by atoms with Crippen molar-refractivity contribution >= 4 is 22.7 Å². The summed E-state index contributed by atoms with van der Waals surface area (Å²) in [7, 11) is 1.66. The highest BCUT2D eigenvalue weighted by Crippen LogP contribution is 2.33. The zero-order chi connectivity index (χ0) is 21.9. The van der Waals surface area contributed by atoms with Crippen LogP contribution in [0.4, 0.5) is 0 Å². The number of aromatic amines is 1. The van der Waals surface area contributed by atoms with E-state index in [9.17, 15) is 4.79 Å². The van der Waals surface area contributed by atoms with Gasteiger partial charge in [-0.05, 0) is 49.1 Å². The summed E-state index contributed by atoms with van der Waals surface area (Å²) in [5, 5.41) is 6.47. The Balaban J connectivity index is 1.39. The molecule has 7 heteroatoms. The quantitative estimate of drug-likeness (QED) is 0.629. The molecule has 2 aliphatic rings. The van der Waals surface area contributed by atoms with Gasteiger partial charge in [-0.15, -0.1) is 0 Å². The third kappa shape index (κ3) is 4.25. The molecule has 1 saturated heterocycles. The molecule has 0 unspecified atom stereocenters. The minimum absolute atomic E-state index is 0.0787. The predicted molar refractivity (Wildman–Crippen MR) is 124 cm³/mol. The Kier molecular flexibility index (Phi) is 5.90. The molecular weight excluding hydrogens is 402 g/mol. The second-order valence-corrected chi connectivity index (χ2v) is 8.69. The first-order valence-electron chi connectivity index (χ1n) is 11.5. The van der Waals surface area contributed by atoms with Crippen molar-refractivity contribution in [2.75, 3.05) is 26.7 Å². The summed E-state index contributed by atoms with van der Waals surface area (Å²) in [5.74, 6) is 1.62. The molecular formula is C25H30N5O2+. The van der Waals surface area contributed by atoms with Crippen molar-refractivity contribution in [2.24, 2.45) is 5.10 Å². The number of carbonyl (C=O) groups excluding carboxylic acids is 1. The number of likely N-dealkylation sites (tertiary alicyclic amines) is 1. The fourth-order valence-corrected chi connectivity index (χ4v) is 4.76. The Morgan fingerprint density at radius 3 is 2.66 bits per heavy atom. The first-order valence-corrected chi connectivity index (χ1v) is 11.5. The molecule has 1 fully saturated rings. The Hall–Kier alpha value is -3.19. The zero-order valence-corrected chi connectivity index (χ0v) is 18.5. The summed E-state index contributed by atoms with van der Waals surface area (Å²) >= 11 is 0. The average molecular weight is 433 g/mol. The molecule has 0 aliphatic carbocycles. The van der Waals surface area contributed by atoms with Gasteiger partial charge in [0.2, 0.25) is 5.91 Å². The molecule has 0 spiro atoms. The number of H-pyrrole nitrogens is 1. The summed E-state index contributed by atoms with van der Waals surface area (Å²) in [6, 6.07) is 15.7. The fraction of sp³-hybridized carbons (Fsp3) is 0.400. The van der Waals surface area contributed by atoms with E-state index in [2.05, 4.69) is 4.98 Å². The standard InChI is InChI=1S/C25H29N5O2/c1-32-19-11-9-18(10-12-19)23-17-22(25-26-20-7-3-4-8-21(20)27-25)28-30(23)24(31)13-16-29-14-5-2-6-15-29/h3-4,7-12,23H,2,5-6,13-17H2,1H3,(H,26,27)/p+1/t23-/m1/s1. The van der Waals surface area contributed by atoms with E-state index >= 15 is 0 Å². The largest absolute Gasteiger partial charge is 0.497 e. The lowest BCUT2D eigenvalue weighted by molar-refractivity contribution is -0.904. The minimum atomic E-state index is -0.132. The smallest absolute Gasteiger partial charge is 0.248 e. The third-order valence-corrected chi connectivity index (χ3v) is 6.58. The van der Waals surface area contributed by atoms with Crippen molar-refractivity contribution in [2.45, 2.75) is 38.1 Å². The van der Waals surface area contributed by atoms with E-state index in [1.165, 1.54) is 37.3 Å². The van der Waals surface area contributed by atoms with Crippen LogP contribution < -0.4 is 9.64 Å². The van der Waals surface area contributed by atoms with Crippen LogP contribution in [-0.4, -0.2) is 53.3 Å². The Morgan fingerprint density at radius 2 is 1.91 bits per heavy atom. The van der Waals surface area contributed by atoms with Gasteiger partial charge in [-0.2, -0.15) is 5.10 Å². The number of fused-ring (bicyclic) bond motifs is 1. The van der Waals surface area contributed by atoms with Gasteiger partial charge in [-0.25, -0.2) is 9.99 Å². The van der Waals surface area contributed by atoms with Crippen molar-refractivity contribution in [3.05, 3.63) is 59.9 Å². The number of hydrazone groups is 1. The Labute approximate surface area is 188 Å². The van der Waals surface area contributed by atoms with Gasteiger partial charge in [0.15, 0.2) is 5.82 Å². The molecule has 1 atom stereocenters. The van der Waals surface area contributed by atoms with Crippen LogP contribution in [0, 0.1) is 0 Å². The molecule has 1 amide bonds. The van der Waals surface area contributed by atoms with Gasteiger partial charge in [0, 0.05) is 6.42 Å². The molecule has 1 aromatic heterocycles. The lowest BCUT2D eigenvalue weighted by Gasteiger charge is -2.25. The van der Waals surface area contributed by atoms with Gasteiger partial charge in [-0.3, -0.25) is 4.79 Å². The third-order valence-electron chi connectivity index (χ3n) is 6.58. The normalized spacial score (nSPS) is 19.3. The number of nitrogens with one attached hydrogen (secondary N) is 2. The summed E-state index contributed by atoms with van der Waals surface area (Å²) in [6.07, 6.45) is 4.98. The van der Waals surface area contributed by atoms with Crippen molar-refractivity contribution in [1.82, 2.24) is 15.0 Å². The van der Waals surface area contributed by atoms with Gasteiger partial charge < -0.3 is 14.6 Å². The lowest BCUT2D eigenvalue weighted by atomic mass is 10.0. The molecule has 3 aromatic rings. The Bertz CT molecular complexity index is 1080. The molecule has 2 aliphatic heterocycles. The number of nitrogens with zero attached hydrogens (tertiary/aromatic N) is 3.